The molecule has 0 bridgehead atoms. The van der Waals surface area contributed by atoms with Crippen LogP contribution in [0, 0.1) is 13.8 Å². The molecule has 1 aliphatic rings. The molecule has 0 aliphatic carbocycles. The number of aliphatic imine (C=N–C) groups is 2. The molecule has 1 aromatic carbocycles. The summed E-state index contributed by atoms with van der Waals surface area (Å²) in [6.07, 6.45) is 0. The lowest BCUT2D eigenvalue weighted by Gasteiger charge is -2.07. The van der Waals surface area contributed by atoms with Crippen molar-refractivity contribution in [3.63, 3.8) is 0 Å². The van der Waals surface area contributed by atoms with Crippen LogP contribution in [0.25, 0.3) is 0 Å². The van der Waals surface area contributed by atoms with Gasteiger partial charge in [-0.05, 0) is 51.0 Å². The van der Waals surface area contributed by atoms with Gasteiger partial charge in [0.15, 0.2) is 0 Å². The quantitative estimate of drug-likeness (QED) is 0.804. The van der Waals surface area contributed by atoms with Crippen LogP contribution >= 0.6 is 0 Å². The van der Waals surface area contributed by atoms with Crippen LogP contribution in [0.15, 0.2) is 46.4 Å². The highest BCUT2D eigenvalue weighted by Gasteiger charge is 2.17. The second kappa shape index (κ2) is 6.32. The largest absolute Gasteiger partial charge is 0.474 e. The van der Waals surface area contributed by atoms with E-state index < -0.39 is 0 Å². The van der Waals surface area contributed by atoms with Gasteiger partial charge in [0.2, 0.25) is 5.90 Å². The number of rotatable bonds is 3. The Bertz CT molecular complexity index is 773. The lowest BCUT2D eigenvalue weighted by Crippen LogP contribution is -2.08. The first-order chi connectivity index (χ1) is 11.0. The molecule has 1 atom stereocenters. The Morgan fingerprint density at radius 2 is 1.83 bits per heavy atom. The number of hydrogen-bond acceptors (Lipinski definition) is 4. The fourth-order valence-electron chi connectivity index (χ4n) is 2.58. The Kier molecular flexibility index (Phi) is 4.24. The highest BCUT2D eigenvalue weighted by Crippen LogP contribution is 2.24. The molecule has 0 fully saturated rings. The maximum atomic E-state index is 5.59. The van der Waals surface area contributed by atoms with Crippen LogP contribution in [-0.4, -0.2) is 29.2 Å². The van der Waals surface area contributed by atoms with Gasteiger partial charge in [0.1, 0.15) is 12.3 Å². The van der Waals surface area contributed by atoms with E-state index in [1.54, 1.807) is 0 Å². The topological polar surface area (TPSA) is 46.8 Å². The second-order valence-electron chi connectivity index (χ2n) is 5.94. The summed E-state index contributed by atoms with van der Waals surface area (Å²) < 4.78 is 5.59. The Morgan fingerprint density at radius 1 is 1.13 bits per heavy atom. The normalized spacial score (nSPS) is 17.8. The molecule has 118 valence electrons. The van der Waals surface area contributed by atoms with E-state index in [2.05, 4.69) is 42.0 Å². The number of para-hydroxylation sites is 1. The summed E-state index contributed by atoms with van der Waals surface area (Å²) in [6.45, 7) is 8.79. The molecule has 4 nitrogen and oxygen atoms in total. The summed E-state index contributed by atoms with van der Waals surface area (Å²) in [5.74, 6) is 0.624. The van der Waals surface area contributed by atoms with Crippen molar-refractivity contribution < 1.29 is 4.74 Å². The molecule has 0 amide bonds. The van der Waals surface area contributed by atoms with Crippen molar-refractivity contribution in [1.82, 2.24) is 4.98 Å². The van der Waals surface area contributed by atoms with E-state index in [0.717, 1.165) is 33.9 Å². The summed E-state index contributed by atoms with van der Waals surface area (Å²) in [7, 11) is 0. The number of pyridine rings is 1. The maximum absolute atomic E-state index is 5.59. The minimum atomic E-state index is 0.194. The van der Waals surface area contributed by atoms with Crippen LogP contribution in [0.2, 0.25) is 0 Å². The number of aromatic nitrogens is 1. The molecule has 0 N–H and O–H groups in total. The molecule has 0 spiro atoms. The SMILES string of the molecule is CC(=Nc1c(C)cccc1C)c1cccc(C2=N[C@@H](C)CO2)n1. The van der Waals surface area contributed by atoms with Crippen molar-refractivity contribution in [1.29, 1.82) is 0 Å². The summed E-state index contributed by atoms with van der Waals surface area (Å²) in [6, 6.07) is 12.3. The molecule has 4 heteroatoms. The summed E-state index contributed by atoms with van der Waals surface area (Å²) >= 11 is 0. The van der Waals surface area contributed by atoms with Crippen molar-refractivity contribution in [2.24, 2.45) is 9.98 Å². The maximum Gasteiger partial charge on any atom is 0.235 e. The number of hydrogen-bond donors (Lipinski definition) is 0. The average Bonchev–Trinajstić information content (AvgIpc) is 2.97. The van der Waals surface area contributed by atoms with E-state index in [-0.39, 0.29) is 6.04 Å². The van der Waals surface area contributed by atoms with Gasteiger partial charge in [-0.15, -0.1) is 0 Å². The lowest BCUT2D eigenvalue weighted by atomic mass is 10.1. The molecule has 2 heterocycles. The molecule has 23 heavy (non-hydrogen) atoms. The van der Waals surface area contributed by atoms with Crippen LogP contribution < -0.4 is 0 Å². The highest BCUT2D eigenvalue weighted by atomic mass is 16.5. The van der Waals surface area contributed by atoms with E-state index in [9.17, 15) is 0 Å². The van der Waals surface area contributed by atoms with Crippen LogP contribution in [0.4, 0.5) is 5.69 Å². The summed E-state index contributed by atoms with van der Waals surface area (Å²) in [5, 5.41) is 0. The van der Waals surface area contributed by atoms with E-state index in [0.29, 0.717) is 12.5 Å². The Labute approximate surface area is 137 Å². The first-order valence-corrected chi connectivity index (χ1v) is 7.84. The van der Waals surface area contributed by atoms with Gasteiger partial charge in [-0.2, -0.15) is 0 Å². The first kappa shape index (κ1) is 15.4. The van der Waals surface area contributed by atoms with E-state index >= 15 is 0 Å². The van der Waals surface area contributed by atoms with E-state index in [4.69, 9.17) is 9.73 Å². The van der Waals surface area contributed by atoms with E-state index in [1.807, 2.05) is 32.0 Å². The van der Waals surface area contributed by atoms with Gasteiger partial charge < -0.3 is 4.74 Å². The molecule has 1 aromatic heterocycles. The molecule has 2 aromatic rings. The van der Waals surface area contributed by atoms with Crippen molar-refractivity contribution in [3.8, 4) is 0 Å². The predicted molar refractivity (Wildman–Crippen MR) is 94.0 cm³/mol. The van der Waals surface area contributed by atoms with Crippen LogP contribution in [0.5, 0.6) is 0 Å². The van der Waals surface area contributed by atoms with Gasteiger partial charge >= 0.3 is 0 Å². The molecular weight excluding hydrogens is 286 g/mol. The molecule has 1 aliphatic heterocycles. The lowest BCUT2D eigenvalue weighted by molar-refractivity contribution is 0.323. The molecule has 0 saturated carbocycles. The monoisotopic (exact) mass is 307 g/mol. The van der Waals surface area contributed by atoms with Crippen molar-refractivity contribution in [2.75, 3.05) is 6.61 Å². The van der Waals surface area contributed by atoms with Crippen LogP contribution in [0.1, 0.15) is 36.4 Å². The minimum absolute atomic E-state index is 0.194. The first-order valence-electron chi connectivity index (χ1n) is 7.84. The van der Waals surface area contributed by atoms with E-state index in [1.165, 1.54) is 0 Å². The van der Waals surface area contributed by atoms with Gasteiger partial charge in [-0.3, -0.25) is 4.99 Å². The van der Waals surface area contributed by atoms with Gasteiger partial charge in [0, 0.05) is 0 Å². The smallest absolute Gasteiger partial charge is 0.235 e. The van der Waals surface area contributed by atoms with Crippen molar-refractivity contribution in [2.45, 2.75) is 33.7 Å². The zero-order valence-corrected chi connectivity index (χ0v) is 14.0. The zero-order chi connectivity index (χ0) is 16.4. The Hall–Kier alpha value is -2.49. The fourth-order valence-corrected chi connectivity index (χ4v) is 2.58. The number of ether oxygens (including phenoxy) is 1. The molecule has 0 saturated heterocycles. The van der Waals surface area contributed by atoms with Gasteiger partial charge in [0.05, 0.1) is 23.1 Å². The zero-order valence-electron chi connectivity index (χ0n) is 14.0. The van der Waals surface area contributed by atoms with Crippen LogP contribution in [0.3, 0.4) is 0 Å². The average molecular weight is 307 g/mol. The fraction of sp³-hybridized carbons (Fsp3) is 0.316. The molecule has 0 unspecified atom stereocenters. The molecule has 3 rings (SSSR count). The highest BCUT2D eigenvalue weighted by molar-refractivity contribution is 6.00. The summed E-state index contributed by atoms with van der Waals surface area (Å²) in [4.78, 5) is 13.9. The second-order valence-corrected chi connectivity index (χ2v) is 5.94. The van der Waals surface area contributed by atoms with Crippen LogP contribution in [-0.2, 0) is 4.74 Å². The number of nitrogens with zero attached hydrogens (tertiary/aromatic N) is 3. The third-order valence-corrected chi connectivity index (χ3v) is 3.86. The number of benzene rings is 1. The summed E-state index contributed by atoms with van der Waals surface area (Å²) in [5.41, 5.74) is 5.84. The molecule has 0 radical (unpaired) electrons. The predicted octanol–water partition coefficient (Wildman–Crippen LogP) is 4.00. The third-order valence-electron chi connectivity index (χ3n) is 3.86. The van der Waals surface area contributed by atoms with Gasteiger partial charge in [-0.1, -0.05) is 24.3 Å². The molecular formula is C19H21N3O. The van der Waals surface area contributed by atoms with Gasteiger partial charge in [0.25, 0.3) is 0 Å². The van der Waals surface area contributed by atoms with Crippen molar-refractivity contribution in [3.05, 3.63) is 58.9 Å². The minimum Gasteiger partial charge on any atom is -0.474 e. The standard InChI is InChI=1S/C19H21N3O/c1-12-7-5-8-13(2)18(12)21-15(4)16-9-6-10-17(22-16)19-20-14(3)11-23-19/h5-10,14H,11H2,1-4H3/t14-/m0/s1. The Morgan fingerprint density at radius 3 is 2.48 bits per heavy atom. The van der Waals surface area contributed by atoms with Crippen molar-refractivity contribution >= 4 is 17.3 Å². The third kappa shape index (κ3) is 3.31. The number of aryl methyl sites for hydroxylation is 2. The van der Waals surface area contributed by atoms with Gasteiger partial charge in [-0.25, -0.2) is 9.98 Å². The Balaban J connectivity index is 1.95.